The molecule has 1 saturated heterocycles. The van der Waals surface area contributed by atoms with Crippen LogP contribution in [0.3, 0.4) is 0 Å². The third-order valence-corrected chi connectivity index (χ3v) is 4.81. The van der Waals surface area contributed by atoms with Gasteiger partial charge in [-0.2, -0.15) is 0 Å². The lowest BCUT2D eigenvalue weighted by Crippen LogP contribution is -2.15. The Bertz CT molecular complexity index is 467. The summed E-state index contributed by atoms with van der Waals surface area (Å²) in [6.07, 6.45) is 6.98. The van der Waals surface area contributed by atoms with Gasteiger partial charge in [-0.1, -0.05) is 6.08 Å². The molecule has 2 nitrogen and oxygen atoms in total. The van der Waals surface area contributed by atoms with Crippen LogP contribution in [0.25, 0.3) is 5.57 Å². The van der Waals surface area contributed by atoms with Gasteiger partial charge in [-0.25, -0.2) is 4.98 Å². The first-order valence-corrected chi connectivity index (χ1v) is 7.07. The quantitative estimate of drug-likeness (QED) is 0.805. The SMILES string of the molecule is Cc1cc(C2=C[C@@H]3CNC[C@@H]3CC2)cnc1Br. The maximum absolute atomic E-state index is 4.40. The van der Waals surface area contributed by atoms with Crippen molar-refractivity contribution in [1.82, 2.24) is 10.3 Å². The molecular formula is C14H17BrN2. The van der Waals surface area contributed by atoms with Gasteiger partial charge in [0.05, 0.1) is 0 Å². The van der Waals surface area contributed by atoms with Crippen LogP contribution < -0.4 is 5.32 Å². The number of hydrogen-bond donors (Lipinski definition) is 1. The van der Waals surface area contributed by atoms with Crippen molar-refractivity contribution in [1.29, 1.82) is 0 Å². The fraction of sp³-hybridized carbons (Fsp3) is 0.500. The average molecular weight is 293 g/mol. The molecule has 1 fully saturated rings. The van der Waals surface area contributed by atoms with Gasteiger partial charge in [-0.05, 0) is 76.8 Å². The summed E-state index contributed by atoms with van der Waals surface area (Å²) in [7, 11) is 0. The number of aryl methyl sites for hydroxylation is 1. The molecule has 2 atom stereocenters. The summed E-state index contributed by atoms with van der Waals surface area (Å²) in [5.74, 6) is 1.60. The van der Waals surface area contributed by atoms with Crippen molar-refractivity contribution in [3.05, 3.63) is 34.1 Å². The maximum atomic E-state index is 4.40. The Kier molecular flexibility index (Phi) is 3.05. The summed E-state index contributed by atoms with van der Waals surface area (Å²) in [5.41, 5.74) is 4.00. The lowest BCUT2D eigenvalue weighted by molar-refractivity contribution is 0.448. The molecule has 0 aromatic carbocycles. The molecule has 0 amide bonds. The van der Waals surface area contributed by atoms with E-state index in [0.717, 1.165) is 23.0 Å². The van der Waals surface area contributed by atoms with Crippen LogP contribution in [-0.2, 0) is 0 Å². The van der Waals surface area contributed by atoms with Crippen LogP contribution in [-0.4, -0.2) is 18.1 Å². The van der Waals surface area contributed by atoms with E-state index in [1.54, 1.807) is 0 Å². The summed E-state index contributed by atoms with van der Waals surface area (Å²) < 4.78 is 0.957. The number of rotatable bonds is 1. The van der Waals surface area contributed by atoms with Crippen molar-refractivity contribution in [3.8, 4) is 0 Å². The monoisotopic (exact) mass is 292 g/mol. The van der Waals surface area contributed by atoms with Crippen LogP contribution in [0.2, 0.25) is 0 Å². The van der Waals surface area contributed by atoms with Crippen LogP contribution in [0.1, 0.15) is 24.0 Å². The molecule has 1 aromatic rings. The first-order valence-electron chi connectivity index (χ1n) is 6.28. The zero-order chi connectivity index (χ0) is 11.8. The number of fused-ring (bicyclic) bond motifs is 1. The highest BCUT2D eigenvalue weighted by molar-refractivity contribution is 9.10. The molecule has 90 valence electrons. The van der Waals surface area contributed by atoms with Gasteiger partial charge in [0.15, 0.2) is 0 Å². The fourth-order valence-corrected chi connectivity index (χ4v) is 3.14. The first kappa shape index (κ1) is 11.4. The van der Waals surface area contributed by atoms with Gasteiger partial charge in [-0.15, -0.1) is 0 Å². The number of pyridine rings is 1. The Morgan fingerprint density at radius 3 is 3.12 bits per heavy atom. The molecule has 0 saturated carbocycles. The molecule has 0 unspecified atom stereocenters. The molecule has 2 heterocycles. The average Bonchev–Trinajstić information content (AvgIpc) is 2.79. The van der Waals surface area contributed by atoms with Crippen molar-refractivity contribution < 1.29 is 0 Å². The van der Waals surface area contributed by atoms with E-state index in [1.165, 1.54) is 36.1 Å². The highest BCUT2D eigenvalue weighted by Crippen LogP contribution is 2.35. The van der Waals surface area contributed by atoms with Crippen molar-refractivity contribution in [2.75, 3.05) is 13.1 Å². The summed E-state index contributed by atoms with van der Waals surface area (Å²) in [5, 5.41) is 3.49. The summed E-state index contributed by atoms with van der Waals surface area (Å²) in [6.45, 7) is 4.45. The van der Waals surface area contributed by atoms with Crippen LogP contribution in [0.5, 0.6) is 0 Å². The van der Waals surface area contributed by atoms with Crippen molar-refractivity contribution >= 4 is 21.5 Å². The standard InChI is InChI=1S/C14H17BrN2/c1-9-4-12(8-17-14(9)15)10-2-3-11-6-16-7-13(11)5-10/h4-5,8,11,13,16H,2-3,6-7H2,1H3/t11-,13+/m0/s1. The van der Waals surface area contributed by atoms with E-state index in [-0.39, 0.29) is 0 Å². The van der Waals surface area contributed by atoms with E-state index in [0.29, 0.717) is 0 Å². The van der Waals surface area contributed by atoms with Gasteiger partial charge in [0.2, 0.25) is 0 Å². The minimum Gasteiger partial charge on any atom is -0.316 e. The Morgan fingerprint density at radius 2 is 2.29 bits per heavy atom. The van der Waals surface area contributed by atoms with Crippen LogP contribution in [0, 0.1) is 18.8 Å². The Labute approximate surface area is 111 Å². The van der Waals surface area contributed by atoms with Gasteiger partial charge in [-0.3, -0.25) is 0 Å². The number of nitrogens with one attached hydrogen (secondary N) is 1. The molecule has 17 heavy (non-hydrogen) atoms. The third kappa shape index (κ3) is 2.18. The maximum Gasteiger partial charge on any atom is 0.109 e. The second-order valence-corrected chi connectivity index (χ2v) is 5.90. The Morgan fingerprint density at radius 1 is 1.41 bits per heavy atom. The van der Waals surface area contributed by atoms with E-state index in [1.807, 2.05) is 6.20 Å². The predicted octanol–water partition coefficient (Wildman–Crippen LogP) is 3.17. The van der Waals surface area contributed by atoms with Crippen molar-refractivity contribution in [2.24, 2.45) is 11.8 Å². The van der Waals surface area contributed by atoms with Crippen molar-refractivity contribution in [3.63, 3.8) is 0 Å². The minimum absolute atomic E-state index is 0.739. The number of allylic oxidation sites excluding steroid dienone is 1. The lowest BCUT2D eigenvalue weighted by Gasteiger charge is -2.23. The smallest absolute Gasteiger partial charge is 0.109 e. The molecule has 1 aliphatic carbocycles. The first-order chi connectivity index (χ1) is 8.24. The van der Waals surface area contributed by atoms with Gasteiger partial charge in [0.25, 0.3) is 0 Å². The van der Waals surface area contributed by atoms with E-state index >= 15 is 0 Å². The van der Waals surface area contributed by atoms with Gasteiger partial charge < -0.3 is 5.32 Å². The molecule has 2 aliphatic rings. The number of nitrogens with zero attached hydrogens (tertiary/aromatic N) is 1. The molecule has 3 heteroatoms. The molecule has 1 aliphatic heterocycles. The third-order valence-electron chi connectivity index (χ3n) is 3.98. The normalized spacial score (nSPS) is 27.8. The molecule has 1 N–H and O–H groups in total. The molecule has 0 bridgehead atoms. The fourth-order valence-electron chi connectivity index (χ4n) is 2.92. The predicted molar refractivity (Wildman–Crippen MR) is 73.7 cm³/mol. The molecule has 0 radical (unpaired) electrons. The second kappa shape index (κ2) is 4.54. The highest BCUT2D eigenvalue weighted by atomic mass is 79.9. The summed E-state index contributed by atoms with van der Waals surface area (Å²) in [4.78, 5) is 4.40. The molecule has 3 rings (SSSR count). The van der Waals surface area contributed by atoms with Gasteiger partial charge in [0.1, 0.15) is 4.60 Å². The van der Waals surface area contributed by atoms with E-state index in [9.17, 15) is 0 Å². The molecular weight excluding hydrogens is 276 g/mol. The van der Waals surface area contributed by atoms with Gasteiger partial charge >= 0.3 is 0 Å². The lowest BCUT2D eigenvalue weighted by atomic mass is 9.81. The van der Waals surface area contributed by atoms with Gasteiger partial charge in [0, 0.05) is 12.7 Å². The number of aromatic nitrogens is 1. The number of halogens is 1. The van der Waals surface area contributed by atoms with E-state index < -0.39 is 0 Å². The molecule has 0 spiro atoms. The summed E-state index contributed by atoms with van der Waals surface area (Å²) >= 11 is 3.46. The topological polar surface area (TPSA) is 24.9 Å². The number of hydrogen-bond acceptors (Lipinski definition) is 2. The Hall–Kier alpha value is -0.670. The van der Waals surface area contributed by atoms with E-state index in [2.05, 4.69) is 45.3 Å². The van der Waals surface area contributed by atoms with Crippen LogP contribution >= 0.6 is 15.9 Å². The van der Waals surface area contributed by atoms with E-state index in [4.69, 9.17) is 0 Å². The summed E-state index contributed by atoms with van der Waals surface area (Å²) in [6, 6.07) is 2.24. The zero-order valence-electron chi connectivity index (χ0n) is 10.0. The van der Waals surface area contributed by atoms with Crippen molar-refractivity contribution in [2.45, 2.75) is 19.8 Å². The van der Waals surface area contributed by atoms with Crippen LogP contribution in [0.15, 0.2) is 22.9 Å². The highest BCUT2D eigenvalue weighted by Gasteiger charge is 2.29. The van der Waals surface area contributed by atoms with Crippen LogP contribution in [0.4, 0.5) is 0 Å². The minimum atomic E-state index is 0.739. The second-order valence-electron chi connectivity index (χ2n) is 5.14. The zero-order valence-corrected chi connectivity index (χ0v) is 11.6. The Balaban J connectivity index is 1.91. The largest absolute Gasteiger partial charge is 0.316 e. The molecule has 1 aromatic heterocycles.